The molecule has 2 rings (SSSR count). The average molecular weight is 306 g/mol. The van der Waals surface area contributed by atoms with Crippen molar-refractivity contribution in [2.75, 3.05) is 19.5 Å². The lowest BCUT2D eigenvalue weighted by molar-refractivity contribution is -0.124. The van der Waals surface area contributed by atoms with Gasteiger partial charge in [0.2, 0.25) is 0 Å². The Labute approximate surface area is 130 Å². The second kappa shape index (κ2) is 7.68. The number of nitrogens with two attached hydrogens (primary N) is 1. The third-order valence-corrected chi connectivity index (χ3v) is 3.76. The summed E-state index contributed by atoms with van der Waals surface area (Å²) >= 11 is 0. The van der Waals surface area contributed by atoms with Gasteiger partial charge in [0.1, 0.15) is 5.75 Å². The molecule has 1 fully saturated rings. The van der Waals surface area contributed by atoms with Crippen LogP contribution in [0.3, 0.4) is 0 Å². The van der Waals surface area contributed by atoms with E-state index in [0.717, 1.165) is 25.7 Å². The number of esters is 1. The molecule has 0 bridgehead atoms. The second-order valence-electron chi connectivity index (χ2n) is 5.44. The zero-order valence-corrected chi connectivity index (χ0v) is 12.8. The van der Waals surface area contributed by atoms with Crippen LogP contribution in [-0.4, -0.2) is 31.6 Å². The lowest BCUT2D eigenvalue weighted by Crippen LogP contribution is -2.39. The van der Waals surface area contributed by atoms with E-state index in [9.17, 15) is 9.59 Å². The molecule has 0 heterocycles. The number of carbonyl (C=O) groups excluding carboxylic acids is 2. The highest BCUT2D eigenvalue weighted by Crippen LogP contribution is 2.23. The van der Waals surface area contributed by atoms with Gasteiger partial charge in [-0.15, -0.1) is 0 Å². The van der Waals surface area contributed by atoms with E-state index in [1.807, 2.05) is 0 Å². The van der Waals surface area contributed by atoms with Crippen LogP contribution in [0.25, 0.3) is 0 Å². The molecule has 120 valence electrons. The largest absolute Gasteiger partial charge is 0.482 e. The number of anilines is 1. The fraction of sp³-hybridized carbons (Fsp3) is 0.500. The molecule has 1 amide bonds. The summed E-state index contributed by atoms with van der Waals surface area (Å²) in [7, 11) is 1.30. The Morgan fingerprint density at radius 1 is 1.27 bits per heavy atom. The summed E-state index contributed by atoms with van der Waals surface area (Å²) in [6, 6.07) is 4.83. The van der Waals surface area contributed by atoms with Crippen molar-refractivity contribution >= 4 is 17.6 Å². The molecule has 0 unspecified atom stereocenters. The first-order valence-electron chi connectivity index (χ1n) is 7.50. The fourth-order valence-electron chi connectivity index (χ4n) is 2.56. The highest BCUT2D eigenvalue weighted by atomic mass is 16.5. The maximum absolute atomic E-state index is 11.9. The number of ether oxygens (including phenoxy) is 2. The van der Waals surface area contributed by atoms with Gasteiger partial charge in [-0.2, -0.15) is 0 Å². The van der Waals surface area contributed by atoms with Crippen LogP contribution in [0.4, 0.5) is 5.69 Å². The predicted octanol–water partition coefficient (Wildman–Crippen LogP) is 1.88. The van der Waals surface area contributed by atoms with Crippen LogP contribution >= 0.6 is 0 Å². The summed E-state index contributed by atoms with van der Waals surface area (Å²) in [5, 5.41) is 2.96. The van der Waals surface area contributed by atoms with Crippen LogP contribution in [0.5, 0.6) is 5.75 Å². The number of hydrogen-bond donors (Lipinski definition) is 2. The lowest BCUT2D eigenvalue weighted by atomic mass is 9.95. The van der Waals surface area contributed by atoms with Gasteiger partial charge in [-0.3, -0.25) is 4.79 Å². The Hall–Kier alpha value is -2.24. The van der Waals surface area contributed by atoms with Crippen LogP contribution in [0, 0.1) is 0 Å². The summed E-state index contributed by atoms with van der Waals surface area (Å²) in [5.74, 6) is -0.340. The van der Waals surface area contributed by atoms with E-state index in [-0.39, 0.29) is 18.6 Å². The molecule has 1 saturated carbocycles. The van der Waals surface area contributed by atoms with Crippen LogP contribution < -0.4 is 15.8 Å². The first-order chi connectivity index (χ1) is 10.6. The van der Waals surface area contributed by atoms with Crippen molar-refractivity contribution in [3.63, 3.8) is 0 Å². The first-order valence-corrected chi connectivity index (χ1v) is 7.50. The van der Waals surface area contributed by atoms with Crippen LogP contribution in [-0.2, 0) is 9.53 Å². The Kier molecular flexibility index (Phi) is 5.63. The van der Waals surface area contributed by atoms with E-state index in [2.05, 4.69) is 10.1 Å². The number of rotatable bonds is 5. The number of nitrogen functional groups attached to an aromatic ring is 1. The molecule has 0 atom stereocenters. The smallest absolute Gasteiger partial charge is 0.337 e. The van der Waals surface area contributed by atoms with Crippen molar-refractivity contribution in [3.8, 4) is 5.75 Å². The van der Waals surface area contributed by atoms with Crippen molar-refractivity contribution in [1.29, 1.82) is 0 Å². The van der Waals surface area contributed by atoms with Crippen molar-refractivity contribution in [2.45, 2.75) is 38.1 Å². The molecular formula is C16H22N2O4. The van der Waals surface area contributed by atoms with Gasteiger partial charge >= 0.3 is 5.97 Å². The molecule has 0 radical (unpaired) electrons. The molecule has 6 nitrogen and oxygen atoms in total. The first kappa shape index (κ1) is 16.1. The van der Waals surface area contributed by atoms with Crippen molar-refractivity contribution in [3.05, 3.63) is 23.8 Å². The predicted molar refractivity (Wildman–Crippen MR) is 82.7 cm³/mol. The molecular weight excluding hydrogens is 284 g/mol. The molecule has 0 spiro atoms. The van der Waals surface area contributed by atoms with Crippen molar-refractivity contribution in [2.24, 2.45) is 0 Å². The summed E-state index contributed by atoms with van der Waals surface area (Å²) < 4.78 is 10.1. The van der Waals surface area contributed by atoms with Crippen molar-refractivity contribution < 1.29 is 19.1 Å². The SMILES string of the molecule is COC(=O)c1ccc(N)c(OCC(=O)NC2CCCCC2)c1. The molecule has 0 aliphatic heterocycles. The van der Waals surface area contributed by atoms with Crippen molar-refractivity contribution in [1.82, 2.24) is 5.32 Å². The third kappa shape index (κ3) is 4.38. The molecule has 0 saturated heterocycles. The molecule has 1 aliphatic rings. The molecule has 1 aromatic rings. The highest BCUT2D eigenvalue weighted by molar-refractivity contribution is 5.90. The lowest BCUT2D eigenvalue weighted by Gasteiger charge is -2.22. The number of amides is 1. The van der Waals surface area contributed by atoms with Gasteiger partial charge < -0.3 is 20.5 Å². The van der Waals surface area contributed by atoms with E-state index in [4.69, 9.17) is 10.5 Å². The van der Waals surface area contributed by atoms with Crippen LogP contribution in [0.2, 0.25) is 0 Å². The molecule has 1 aromatic carbocycles. The second-order valence-corrected chi connectivity index (χ2v) is 5.44. The zero-order chi connectivity index (χ0) is 15.9. The molecule has 0 aromatic heterocycles. The van der Waals surface area contributed by atoms with Gasteiger partial charge in [0.05, 0.1) is 18.4 Å². The monoisotopic (exact) mass is 306 g/mol. The number of benzene rings is 1. The number of methoxy groups -OCH3 is 1. The van der Waals surface area contributed by atoms with E-state index in [1.54, 1.807) is 12.1 Å². The molecule has 1 aliphatic carbocycles. The summed E-state index contributed by atoms with van der Waals surface area (Å²) in [6.45, 7) is -0.120. The van der Waals surface area contributed by atoms with E-state index < -0.39 is 5.97 Å². The summed E-state index contributed by atoms with van der Waals surface area (Å²) in [6.07, 6.45) is 5.58. The molecule has 3 N–H and O–H groups in total. The Bertz CT molecular complexity index is 539. The molecule has 22 heavy (non-hydrogen) atoms. The highest BCUT2D eigenvalue weighted by Gasteiger charge is 2.16. The minimum absolute atomic E-state index is 0.120. The topological polar surface area (TPSA) is 90.7 Å². The maximum atomic E-state index is 11.9. The van der Waals surface area contributed by atoms with Crippen LogP contribution in [0.15, 0.2) is 18.2 Å². The van der Waals surface area contributed by atoms with Gasteiger partial charge in [-0.1, -0.05) is 19.3 Å². The summed E-state index contributed by atoms with van der Waals surface area (Å²) in [4.78, 5) is 23.4. The Balaban J connectivity index is 1.89. The Morgan fingerprint density at radius 2 is 2.00 bits per heavy atom. The van der Waals surface area contributed by atoms with Crippen LogP contribution in [0.1, 0.15) is 42.5 Å². The fourth-order valence-corrected chi connectivity index (χ4v) is 2.56. The third-order valence-electron chi connectivity index (χ3n) is 3.76. The van der Waals surface area contributed by atoms with Gasteiger partial charge in [0.25, 0.3) is 5.91 Å². The van der Waals surface area contributed by atoms with Gasteiger partial charge in [-0.05, 0) is 31.0 Å². The quantitative estimate of drug-likeness (QED) is 0.640. The number of carbonyl (C=O) groups is 2. The minimum Gasteiger partial charge on any atom is -0.482 e. The number of hydrogen-bond acceptors (Lipinski definition) is 5. The minimum atomic E-state index is -0.475. The summed E-state index contributed by atoms with van der Waals surface area (Å²) in [5.41, 5.74) is 6.50. The van der Waals surface area contributed by atoms with E-state index >= 15 is 0 Å². The van der Waals surface area contributed by atoms with Gasteiger partial charge in [-0.25, -0.2) is 4.79 Å². The standard InChI is InChI=1S/C16H22N2O4/c1-21-16(20)11-7-8-13(17)14(9-11)22-10-15(19)18-12-5-3-2-4-6-12/h7-9,12H,2-6,10,17H2,1H3,(H,18,19). The normalized spacial score (nSPS) is 15.1. The number of nitrogens with one attached hydrogen (secondary N) is 1. The van der Waals surface area contributed by atoms with E-state index in [1.165, 1.54) is 19.6 Å². The average Bonchev–Trinajstić information content (AvgIpc) is 2.54. The zero-order valence-electron chi connectivity index (χ0n) is 12.8. The van der Waals surface area contributed by atoms with Gasteiger partial charge in [0.15, 0.2) is 6.61 Å². The molecule has 6 heteroatoms. The van der Waals surface area contributed by atoms with E-state index in [0.29, 0.717) is 17.0 Å². The van der Waals surface area contributed by atoms with Gasteiger partial charge in [0, 0.05) is 6.04 Å². The maximum Gasteiger partial charge on any atom is 0.337 e. The Morgan fingerprint density at radius 3 is 2.68 bits per heavy atom.